The first-order valence-electron chi connectivity index (χ1n) is 9.52. The molecule has 1 aliphatic rings. The number of rotatable bonds is 6. The average Bonchev–Trinajstić information content (AvgIpc) is 2.71. The fourth-order valence-electron chi connectivity index (χ4n) is 3.34. The minimum absolute atomic E-state index is 0.0223. The Kier molecular flexibility index (Phi) is 7.59. The number of piperidine rings is 1. The molecule has 0 saturated carbocycles. The van der Waals surface area contributed by atoms with Gasteiger partial charge in [-0.15, -0.1) is 13.2 Å². The zero-order chi connectivity index (χ0) is 23.5. The fraction of sp³-hybridized carbons (Fsp3) is 0.350. The van der Waals surface area contributed by atoms with E-state index in [0.717, 1.165) is 12.1 Å². The molecule has 1 atom stereocenters. The smallest absolute Gasteiger partial charge is 0.406 e. The molecular weight excluding hydrogens is 492 g/mol. The second kappa shape index (κ2) is 9.86. The second-order valence-electron chi connectivity index (χ2n) is 7.22. The molecule has 0 spiro atoms. The number of carbonyl (C=O) groups excluding carboxylic acids is 1. The molecule has 0 aromatic heterocycles. The van der Waals surface area contributed by atoms with E-state index in [-0.39, 0.29) is 34.6 Å². The van der Waals surface area contributed by atoms with Crippen molar-refractivity contribution in [3.63, 3.8) is 0 Å². The number of benzene rings is 2. The van der Waals surface area contributed by atoms with Crippen LogP contribution in [0.4, 0.5) is 18.9 Å². The van der Waals surface area contributed by atoms with Gasteiger partial charge < -0.3 is 10.1 Å². The predicted octanol–water partition coefficient (Wildman–Crippen LogP) is 5.07. The van der Waals surface area contributed by atoms with Gasteiger partial charge in [0, 0.05) is 34.4 Å². The highest BCUT2D eigenvalue weighted by Gasteiger charge is 2.33. The lowest BCUT2D eigenvalue weighted by molar-refractivity contribution is -0.274. The molecule has 0 unspecified atom stereocenters. The van der Waals surface area contributed by atoms with Crippen LogP contribution in [0.2, 0.25) is 10.0 Å². The quantitative estimate of drug-likeness (QED) is 0.588. The maximum Gasteiger partial charge on any atom is 0.573 e. The summed E-state index contributed by atoms with van der Waals surface area (Å²) in [6.07, 6.45) is -3.86. The molecule has 6 nitrogen and oxygen atoms in total. The lowest BCUT2D eigenvalue weighted by Gasteiger charge is -2.31. The summed E-state index contributed by atoms with van der Waals surface area (Å²) in [6.45, 7) is 0.239. The minimum atomic E-state index is -4.81. The number of sulfonamides is 1. The molecule has 3 rings (SSSR count). The number of anilines is 1. The maximum absolute atomic E-state index is 12.9. The van der Waals surface area contributed by atoms with E-state index in [1.54, 1.807) is 18.2 Å². The van der Waals surface area contributed by atoms with Gasteiger partial charge in [0.2, 0.25) is 15.9 Å². The third-order valence-corrected chi connectivity index (χ3v) is 7.37. The van der Waals surface area contributed by atoms with Crippen LogP contribution in [0.25, 0.3) is 0 Å². The number of hydrogen-bond acceptors (Lipinski definition) is 4. The molecule has 1 saturated heterocycles. The molecule has 1 N–H and O–H groups in total. The van der Waals surface area contributed by atoms with Gasteiger partial charge in [0.05, 0.1) is 11.7 Å². The van der Waals surface area contributed by atoms with Crippen LogP contribution in [0.1, 0.15) is 18.4 Å². The van der Waals surface area contributed by atoms with Crippen LogP contribution in [0, 0.1) is 5.92 Å². The van der Waals surface area contributed by atoms with Crippen molar-refractivity contribution < 1.29 is 31.1 Å². The first-order chi connectivity index (χ1) is 14.9. The lowest BCUT2D eigenvalue weighted by Crippen LogP contribution is -2.44. The summed E-state index contributed by atoms with van der Waals surface area (Å²) in [6, 6.07) is 9.42. The first-order valence-corrected chi connectivity index (χ1v) is 11.9. The van der Waals surface area contributed by atoms with Gasteiger partial charge in [0.25, 0.3) is 0 Å². The Bertz CT molecular complexity index is 1060. The van der Waals surface area contributed by atoms with E-state index in [4.69, 9.17) is 23.2 Å². The molecule has 174 valence electrons. The summed E-state index contributed by atoms with van der Waals surface area (Å²) >= 11 is 12.2. The Morgan fingerprint density at radius 2 is 1.75 bits per heavy atom. The fourth-order valence-corrected chi connectivity index (χ4v) is 5.70. The monoisotopic (exact) mass is 510 g/mol. The van der Waals surface area contributed by atoms with E-state index < -0.39 is 34.0 Å². The van der Waals surface area contributed by atoms with Gasteiger partial charge in [-0.25, -0.2) is 12.7 Å². The van der Waals surface area contributed by atoms with Gasteiger partial charge in [-0.1, -0.05) is 29.3 Å². The summed E-state index contributed by atoms with van der Waals surface area (Å²) in [5.41, 5.74) is 0.566. The summed E-state index contributed by atoms with van der Waals surface area (Å²) in [5, 5.41) is 3.08. The SMILES string of the molecule is O=C(Nc1ccc(OC(F)(F)F)cc1)[C@H]1CCCN(S(=O)(=O)Cc2c(Cl)cccc2Cl)C1. The molecule has 1 amide bonds. The van der Waals surface area contributed by atoms with Crippen LogP contribution in [0.3, 0.4) is 0 Å². The van der Waals surface area contributed by atoms with Crippen molar-refractivity contribution in [2.45, 2.75) is 25.0 Å². The topological polar surface area (TPSA) is 75.7 Å². The molecule has 1 aliphatic heterocycles. The van der Waals surface area contributed by atoms with Crippen LogP contribution in [0.5, 0.6) is 5.75 Å². The van der Waals surface area contributed by atoms with Gasteiger partial charge in [-0.2, -0.15) is 0 Å². The lowest BCUT2D eigenvalue weighted by atomic mass is 9.99. The third-order valence-electron chi connectivity index (χ3n) is 4.89. The summed E-state index contributed by atoms with van der Waals surface area (Å²) < 4.78 is 67.6. The minimum Gasteiger partial charge on any atom is -0.406 e. The van der Waals surface area contributed by atoms with Crippen LogP contribution >= 0.6 is 23.2 Å². The van der Waals surface area contributed by atoms with Crippen LogP contribution in [0.15, 0.2) is 42.5 Å². The zero-order valence-electron chi connectivity index (χ0n) is 16.5. The van der Waals surface area contributed by atoms with Gasteiger partial charge in [0.1, 0.15) is 5.75 Å². The molecule has 2 aromatic carbocycles. The third kappa shape index (κ3) is 6.50. The molecule has 32 heavy (non-hydrogen) atoms. The van der Waals surface area contributed by atoms with Crippen molar-refractivity contribution >= 4 is 44.8 Å². The van der Waals surface area contributed by atoms with Gasteiger partial charge >= 0.3 is 6.36 Å². The second-order valence-corrected chi connectivity index (χ2v) is 10.00. The molecule has 0 bridgehead atoms. The zero-order valence-corrected chi connectivity index (χ0v) is 18.9. The Hall–Kier alpha value is -2.01. The number of nitrogens with one attached hydrogen (secondary N) is 1. The van der Waals surface area contributed by atoms with Crippen LogP contribution < -0.4 is 10.1 Å². The van der Waals surface area contributed by atoms with E-state index in [2.05, 4.69) is 10.1 Å². The van der Waals surface area contributed by atoms with Crippen LogP contribution in [-0.4, -0.2) is 38.1 Å². The van der Waals surface area contributed by atoms with Crippen molar-refractivity contribution in [2.75, 3.05) is 18.4 Å². The summed E-state index contributed by atoms with van der Waals surface area (Å²) in [7, 11) is -3.78. The van der Waals surface area contributed by atoms with Crippen molar-refractivity contribution in [3.05, 3.63) is 58.1 Å². The van der Waals surface area contributed by atoms with Gasteiger partial charge in [-0.3, -0.25) is 4.79 Å². The van der Waals surface area contributed by atoms with Crippen molar-refractivity contribution in [2.24, 2.45) is 5.92 Å². The van der Waals surface area contributed by atoms with Gasteiger partial charge in [0.15, 0.2) is 0 Å². The van der Waals surface area contributed by atoms with E-state index >= 15 is 0 Å². The van der Waals surface area contributed by atoms with E-state index in [1.807, 2.05) is 0 Å². The number of ether oxygens (including phenoxy) is 1. The Labute approximate surface area is 193 Å². The molecule has 1 fully saturated rings. The molecule has 12 heteroatoms. The largest absolute Gasteiger partial charge is 0.573 e. The first kappa shape index (κ1) is 24.6. The maximum atomic E-state index is 12.9. The van der Waals surface area contributed by atoms with Crippen molar-refractivity contribution in [1.29, 1.82) is 0 Å². The molecule has 0 radical (unpaired) electrons. The molecular formula is C20H19Cl2F3N2O4S. The Balaban J connectivity index is 1.64. The number of nitrogens with zero attached hydrogens (tertiary/aromatic N) is 1. The van der Waals surface area contributed by atoms with Crippen LogP contribution in [-0.2, 0) is 20.6 Å². The summed E-state index contributed by atoms with van der Waals surface area (Å²) in [5.74, 6) is -1.85. The number of alkyl halides is 3. The highest BCUT2D eigenvalue weighted by Crippen LogP contribution is 2.29. The average molecular weight is 511 g/mol. The van der Waals surface area contributed by atoms with E-state index in [9.17, 15) is 26.4 Å². The normalized spacial score (nSPS) is 17.7. The van der Waals surface area contributed by atoms with Crippen molar-refractivity contribution in [3.8, 4) is 5.75 Å². The highest BCUT2D eigenvalue weighted by molar-refractivity contribution is 7.88. The van der Waals surface area contributed by atoms with Crippen molar-refractivity contribution in [1.82, 2.24) is 4.31 Å². The number of halogens is 5. The molecule has 2 aromatic rings. The Morgan fingerprint density at radius 1 is 1.12 bits per heavy atom. The van der Waals surface area contributed by atoms with E-state index in [1.165, 1.54) is 16.4 Å². The number of hydrogen-bond donors (Lipinski definition) is 1. The summed E-state index contributed by atoms with van der Waals surface area (Å²) in [4.78, 5) is 12.6. The molecule has 0 aliphatic carbocycles. The van der Waals surface area contributed by atoms with Gasteiger partial charge in [-0.05, 0) is 49.2 Å². The number of carbonyl (C=O) groups is 1. The Morgan fingerprint density at radius 3 is 2.34 bits per heavy atom. The molecule has 1 heterocycles. The highest BCUT2D eigenvalue weighted by atomic mass is 35.5. The van der Waals surface area contributed by atoms with E-state index in [0.29, 0.717) is 18.4 Å². The predicted molar refractivity (Wildman–Crippen MR) is 115 cm³/mol. The standard InChI is InChI=1S/C20H19Cl2F3N2O4S/c21-17-4-1-5-18(22)16(17)12-32(29,30)27-10-2-3-13(11-27)19(28)26-14-6-8-15(9-7-14)31-20(23,24)25/h1,4-9,13H,2-3,10-12H2,(H,26,28)/t13-/m0/s1. The number of amides is 1.